The normalized spacial score (nSPS) is 23.4. The highest BCUT2D eigenvalue weighted by molar-refractivity contribution is 6.06. The zero-order valence-corrected chi connectivity index (χ0v) is 34.2. The summed E-state index contributed by atoms with van der Waals surface area (Å²) in [5, 5.41) is 22.3. The Morgan fingerprint density at radius 3 is 2.53 bits per heavy atom. The number of nitrogen functional groups attached to an aromatic ring is 1. The quantitative estimate of drug-likeness (QED) is 0.193. The molecule has 17 heteroatoms. The topological polar surface area (TPSA) is 185 Å². The number of carbonyl (C=O) groups excluding carboxylic acids is 3. The number of likely N-dealkylation sites (tertiary alicyclic amines) is 2. The molecule has 5 fully saturated rings. The number of nitrogens with one attached hydrogen (secondary N) is 1. The molecular formula is C45H49FN10O6. The van der Waals surface area contributed by atoms with Crippen molar-refractivity contribution < 1.29 is 33.4 Å². The lowest BCUT2D eigenvalue weighted by Crippen LogP contribution is -2.52. The van der Waals surface area contributed by atoms with E-state index in [0.29, 0.717) is 74.1 Å². The summed E-state index contributed by atoms with van der Waals surface area (Å²) in [7, 11) is 0. The number of anilines is 3. The smallest absolute Gasteiger partial charge is 0.328 e. The zero-order valence-electron chi connectivity index (χ0n) is 34.2. The number of amides is 4. The summed E-state index contributed by atoms with van der Waals surface area (Å²) >= 11 is 0. The van der Waals surface area contributed by atoms with E-state index in [1.807, 2.05) is 54.7 Å². The van der Waals surface area contributed by atoms with Gasteiger partial charge in [0.05, 0.1) is 42.5 Å². The van der Waals surface area contributed by atoms with Crippen molar-refractivity contribution >= 4 is 46.1 Å². The standard InChI is InChI=1S/C45H49FN10O6/c46-45(27-52-15-10-31(11-16-52)54-17-9-30-21-32(23-48-42(30)54)55-18-12-40(58)49-44(55)60)13-19-53(20-14-45)43(59)29-7-5-28(6-8-29)38-24-56(36-25-61-26-39(36)62-38)35-22-34(50-51-41(35)47)33-3-1-2-4-37(33)57/h1-9,17,21-23,31,36,38-39,57H,10-16,18-20,24-27H2,(H2,47,51)(H,49,58,60)/t36-,38+,39+/m1/s1. The fourth-order valence-corrected chi connectivity index (χ4v) is 9.75. The first kappa shape index (κ1) is 39.9. The average molecular weight is 845 g/mol. The number of morpholine rings is 1. The van der Waals surface area contributed by atoms with Crippen molar-refractivity contribution in [2.45, 2.75) is 62.1 Å². The largest absolute Gasteiger partial charge is 0.507 e. The van der Waals surface area contributed by atoms with Crippen LogP contribution in [0.5, 0.6) is 5.75 Å². The van der Waals surface area contributed by atoms with Crippen LogP contribution in [0.25, 0.3) is 22.3 Å². The number of carbonyl (C=O) groups is 3. The van der Waals surface area contributed by atoms with E-state index in [1.54, 1.807) is 29.3 Å². The van der Waals surface area contributed by atoms with Crippen LogP contribution in [-0.2, 0) is 14.3 Å². The number of para-hydroxylation sites is 1. The Bertz CT molecular complexity index is 2500. The van der Waals surface area contributed by atoms with Crippen molar-refractivity contribution in [2.24, 2.45) is 0 Å². The molecule has 3 aromatic heterocycles. The first-order valence-electron chi connectivity index (χ1n) is 21.4. The Balaban J connectivity index is 0.733. The zero-order chi connectivity index (χ0) is 42.5. The lowest BCUT2D eigenvalue weighted by Gasteiger charge is -2.42. The molecule has 0 radical (unpaired) electrons. The van der Waals surface area contributed by atoms with Crippen LogP contribution in [0.15, 0.2) is 79.1 Å². The van der Waals surface area contributed by atoms with Crippen molar-refractivity contribution in [1.29, 1.82) is 0 Å². The van der Waals surface area contributed by atoms with Crippen LogP contribution < -0.4 is 20.9 Å². The average Bonchev–Trinajstić information content (AvgIpc) is 3.94. The number of alkyl halides is 1. The SMILES string of the molecule is Nc1nnc(-c2ccccc2O)cc1N1C[C@@H](c2ccc(C(=O)N3CCC(F)(CN4CCC(n5ccc6cc(N7CCC(=O)NC7=O)cnc65)CC4)CC3)cc2)O[C@H]2COC[C@H]21. The number of phenols is 1. The van der Waals surface area contributed by atoms with Crippen LogP contribution in [-0.4, -0.2) is 129 Å². The van der Waals surface area contributed by atoms with Gasteiger partial charge in [0.1, 0.15) is 29.3 Å². The maximum Gasteiger partial charge on any atom is 0.328 e. The fourth-order valence-electron chi connectivity index (χ4n) is 9.75. The highest BCUT2D eigenvalue weighted by atomic mass is 19.1. The molecule has 5 aliphatic rings. The predicted molar refractivity (Wildman–Crippen MR) is 228 cm³/mol. The van der Waals surface area contributed by atoms with Crippen molar-refractivity contribution in [3.63, 3.8) is 0 Å². The second-order valence-corrected chi connectivity index (χ2v) is 17.1. The number of pyridine rings is 1. The molecule has 5 aliphatic heterocycles. The molecule has 5 aromatic rings. The molecule has 0 unspecified atom stereocenters. The molecule has 8 heterocycles. The van der Waals surface area contributed by atoms with E-state index >= 15 is 4.39 Å². The molecule has 0 bridgehead atoms. The minimum Gasteiger partial charge on any atom is -0.507 e. The van der Waals surface area contributed by atoms with E-state index in [4.69, 9.17) is 20.2 Å². The minimum absolute atomic E-state index is 0.0865. The second-order valence-electron chi connectivity index (χ2n) is 17.1. The number of halogens is 1. The Hall–Kier alpha value is -6.17. The van der Waals surface area contributed by atoms with Crippen LogP contribution in [0.3, 0.4) is 0 Å². The maximum atomic E-state index is 16.4. The van der Waals surface area contributed by atoms with Gasteiger partial charge in [-0.1, -0.05) is 24.3 Å². The number of aromatic nitrogens is 4. The van der Waals surface area contributed by atoms with E-state index in [2.05, 4.69) is 29.9 Å². The van der Waals surface area contributed by atoms with Gasteiger partial charge in [-0.05, 0) is 60.9 Å². The van der Waals surface area contributed by atoms with Gasteiger partial charge in [-0.15, -0.1) is 10.2 Å². The Labute approximate surface area is 357 Å². The number of benzene rings is 2. The minimum atomic E-state index is -1.38. The van der Waals surface area contributed by atoms with Crippen LogP contribution >= 0.6 is 0 Å². The molecule has 62 heavy (non-hydrogen) atoms. The van der Waals surface area contributed by atoms with Crippen LogP contribution in [0.1, 0.15) is 60.2 Å². The molecule has 16 nitrogen and oxygen atoms in total. The van der Waals surface area contributed by atoms with Crippen molar-refractivity contribution in [2.75, 3.05) is 74.6 Å². The summed E-state index contributed by atoms with van der Waals surface area (Å²) < 4.78 is 30.9. The van der Waals surface area contributed by atoms with Gasteiger partial charge in [-0.2, -0.15) is 0 Å². The number of ether oxygens (including phenoxy) is 2. The molecule has 3 atom stereocenters. The number of piperidine rings is 2. The summed E-state index contributed by atoms with van der Waals surface area (Å²) in [5.41, 5.74) is 9.71. The number of nitrogens with two attached hydrogens (primary N) is 1. The molecule has 0 saturated carbocycles. The molecule has 2 aromatic carbocycles. The maximum absolute atomic E-state index is 16.4. The predicted octanol–water partition coefficient (Wildman–Crippen LogP) is 4.85. The molecule has 322 valence electrons. The number of phenolic OH excluding ortho intramolecular Hbond substituents is 1. The molecule has 4 N–H and O–H groups in total. The van der Waals surface area contributed by atoms with Gasteiger partial charge in [0.25, 0.3) is 5.91 Å². The highest BCUT2D eigenvalue weighted by Gasteiger charge is 2.43. The number of hydrogen-bond acceptors (Lipinski definition) is 12. The second kappa shape index (κ2) is 16.3. The van der Waals surface area contributed by atoms with E-state index in [-0.39, 0.29) is 66.9 Å². The third kappa shape index (κ3) is 7.68. The number of imide groups is 1. The summed E-state index contributed by atoms with van der Waals surface area (Å²) in [6.07, 6.45) is 5.68. The number of fused-ring (bicyclic) bond motifs is 2. The van der Waals surface area contributed by atoms with Gasteiger partial charge in [0, 0.05) is 93.8 Å². The van der Waals surface area contributed by atoms with Gasteiger partial charge in [0.15, 0.2) is 5.82 Å². The fraction of sp³-hybridized carbons (Fsp3) is 0.422. The Morgan fingerprint density at radius 2 is 1.76 bits per heavy atom. The van der Waals surface area contributed by atoms with Gasteiger partial charge in [-0.3, -0.25) is 19.8 Å². The first-order valence-corrected chi connectivity index (χ1v) is 21.4. The highest BCUT2D eigenvalue weighted by Crippen LogP contribution is 2.39. The summed E-state index contributed by atoms with van der Waals surface area (Å²) in [6, 6.07) is 19.9. The third-order valence-corrected chi connectivity index (χ3v) is 13.2. The van der Waals surface area contributed by atoms with Crippen molar-refractivity contribution in [3.05, 3.63) is 90.3 Å². The van der Waals surface area contributed by atoms with Gasteiger partial charge in [0.2, 0.25) is 5.91 Å². The van der Waals surface area contributed by atoms with Crippen LogP contribution in [0.4, 0.5) is 26.4 Å². The van der Waals surface area contributed by atoms with Crippen LogP contribution in [0.2, 0.25) is 0 Å². The van der Waals surface area contributed by atoms with Gasteiger partial charge < -0.3 is 39.6 Å². The lowest BCUT2D eigenvalue weighted by atomic mass is 9.91. The third-order valence-electron chi connectivity index (χ3n) is 13.2. The number of aromatic hydroxyl groups is 1. The van der Waals surface area contributed by atoms with E-state index in [0.717, 1.165) is 42.5 Å². The van der Waals surface area contributed by atoms with E-state index in [1.165, 1.54) is 4.90 Å². The number of nitrogens with zero attached hydrogens (tertiary/aromatic N) is 8. The molecular weight excluding hydrogens is 796 g/mol. The number of hydrogen-bond donors (Lipinski definition) is 3. The monoisotopic (exact) mass is 844 g/mol. The van der Waals surface area contributed by atoms with Crippen molar-refractivity contribution in [1.82, 2.24) is 34.9 Å². The van der Waals surface area contributed by atoms with Gasteiger partial charge in [-0.25, -0.2) is 14.2 Å². The molecule has 0 aliphatic carbocycles. The summed E-state index contributed by atoms with van der Waals surface area (Å²) in [4.78, 5) is 50.0. The van der Waals surface area contributed by atoms with Gasteiger partial charge >= 0.3 is 6.03 Å². The number of urea groups is 1. The first-order chi connectivity index (χ1) is 30.1. The molecule has 4 amide bonds. The van der Waals surface area contributed by atoms with Crippen molar-refractivity contribution in [3.8, 4) is 17.0 Å². The molecule has 0 spiro atoms. The van der Waals surface area contributed by atoms with E-state index < -0.39 is 11.7 Å². The number of rotatable bonds is 8. The Morgan fingerprint density at radius 1 is 0.968 bits per heavy atom. The Kier molecular flexibility index (Phi) is 10.5. The summed E-state index contributed by atoms with van der Waals surface area (Å²) in [5.74, 6) is -0.0219. The van der Waals surface area contributed by atoms with E-state index in [9.17, 15) is 19.5 Å². The lowest BCUT2D eigenvalue weighted by molar-refractivity contribution is -0.120. The summed E-state index contributed by atoms with van der Waals surface area (Å²) in [6.45, 7) is 4.23. The molecule has 5 saturated heterocycles. The molecule has 10 rings (SSSR count). The van der Waals surface area contributed by atoms with Crippen LogP contribution in [0, 0.1) is 0 Å².